The summed E-state index contributed by atoms with van der Waals surface area (Å²) in [5, 5.41) is 12.0. The highest BCUT2D eigenvalue weighted by molar-refractivity contribution is 5.26. The van der Waals surface area contributed by atoms with E-state index < -0.39 is 5.60 Å². The third-order valence-electron chi connectivity index (χ3n) is 9.19. The van der Waals surface area contributed by atoms with E-state index in [1.807, 2.05) is 6.07 Å². The summed E-state index contributed by atoms with van der Waals surface area (Å²) >= 11 is 0. The maximum atomic E-state index is 12.0. The molecular weight excluding hydrogens is 324 g/mol. The van der Waals surface area contributed by atoms with Gasteiger partial charge in [0.25, 0.3) is 0 Å². The van der Waals surface area contributed by atoms with E-state index in [2.05, 4.69) is 6.92 Å². The predicted molar refractivity (Wildman–Crippen MR) is 101 cm³/mol. The quantitative estimate of drug-likeness (QED) is 0.780. The molecule has 1 N–H and O–H groups in total. The fourth-order valence-corrected chi connectivity index (χ4v) is 7.91. The van der Waals surface area contributed by atoms with Crippen LogP contribution in [-0.4, -0.2) is 10.7 Å². The Morgan fingerprint density at radius 3 is 2.65 bits per heavy atom. The lowest BCUT2D eigenvalue weighted by Gasteiger charge is -2.59. The molecule has 1 aromatic rings. The Morgan fingerprint density at radius 1 is 1.00 bits per heavy atom. The van der Waals surface area contributed by atoms with Crippen molar-refractivity contribution in [3.8, 4) is 0 Å². The molecule has 0 radical (unpaired) electrons. The molecule has 7 unspecified atom stereocenters. The maximum Gasteiger partial charge on any atom is 0.335 e. The van der Waals surface area contributed by atoms with Gasteiger partial charge in [-0.05, 0) is 86.2 Å². The zero-order chi connectivity index (χ0) is 17.9. The van der Waals surface area contributed by atoms with Gasteiger partial charge in [-0.1, -0.05) is 26.2 Å². The number of aliphatic hydroxyl groups is 1. The van der Waals surface area contributed by atoms with Gasteiger partial charge in [0.2, 0.25) is 0 Å². The first-order valence-electron chi connectivity index (χ1n) is 10.8. The molecule has 0 amide bonds. The summed E-state index contributed by atoms with van der Waals surface area (Å²) in [6, 6.07) is 3.46. The van der Waals surface area contributed by atoms with Gasteiger partial charge in [0.1, 0.15) is 0 Å². The Hall–Kier alpha value is -1.09. The summed E-state index contributed by atoms with van der Waals surface area (Å²) in [4.78, 5) is 11.4. The fourth-order valence-electron chi connectivity index (χ4n) is 7.91. The molecule has 26 heavy (non-hydrogen) atoms. The molecule has 5 rings (SSSR count). The standard InChI is InChI=1S/C23H32O3/c1-22-12-10-18-17-5-3-2-4-15(17)6-8-20(18)23(22,25)13-11-19(22)16-7-9-21(24)26-14-16/h7,9,14-15,17-20,25H,2-6,8,10-13H2,1H3. The number of rotatable bonds is 1. The Morgan fingerprint density at radius 2 is 1.85 bits per heavy atom. The number of fused-ring (bicyclic) bond motifs is 5. The number of hydrogen-bond donors (Lipinski definition) is 1. The van der Waals surface area contributed by atoms with Crippen molar-refractivity contribution < 1.29 is 9.52 Å². The molecule has 3 heteroatoms. The molecule has 1 aromatic heterocycles. The van der Waals surface area contributed by atoms with Gasteiger partial charge in [-0.3, -0.25) is 0 Å². The first kappa shape index (κ1) is 17.0. The van der Waals surface area contributed by atoms with Crippen molar-refractivity contribution >= 4 is 0 Å². The average Bonchev–Trinajstić information content (AvgIpc) is 2.94. The normalized spacial score (nSPS) is 47.7. The van der Waals surface area contributed by atoms with E-state index in [-0.39, 0.29) is 11.0 Å². The smallest absolute Gasteiger partial charge is 0.335 e. The zero-order valence-corrected chi connectivity index (χ0v) is 16.0. The lowest BCUT2D eigenvalue weighted by Crippen LogP contribution is -2.59. The highest BCUT2D eigenvalue weighted by atomic mass is 16.4. The minimum Gasteiger partial charge on any atom is -0.431 e. The summed E-state index contributed by atoms with van der Waals surface area (Å²) in [5.74, 6) is 3.31. The van der Waals surface area contributed by atoms with Crippen LogP contribution in [0.2, 0.25) is 0 Å². The van der Waals surface area contributed by atoms with Gasteiger partial charge in [-0.2, -0.15) is 0 Å². The molecule has 0 aromatic carbocycles. The van der Waals surface area contributed by atoms with E-state index in [1.54, 1.807) is 6.26 Å². The van der Waals surface area contributed by atoms with E-state index in [0.717, 1.165) is 42.6 Å². The third-order valence-corrected chi connectivity index (χ3v) is 9.19. The monoisotopic (exact) mass is 356 g/mol. The van der Waals surface area contributed by atoms with Crippen LogP contribution in [0.25, 0.3) is 0 Å². The molecule has 3 nitrogen and oxygen atoms in total. The van der Waals surface area contributed by atoms with Crippen LogP contribution in [0.4, 0.5) is 0 Å². The van der Waals surface area contributed by atoms with Crippen LogP contribution in [0.15, 0.2) is 27.6 Å². The van der Waals surface area contributed by atoms with Crippen molar-refractivity contribution in [3.63, 3.8) is 0 Å². The van der Waals surface area contributed by atoms with Crippen LogP contribution in [0.5, 0.6) is 0 Å². The van der Waals surface area contributed by atoms with Gasteiger partial charge in [0.05, 0.1) is 11.9 Å². The molecule has 7 atom stereocenters. The summed E-state index contributed by atoms with van der Waals surface area (Å²) in [6.45, 7) is 2.32. The van der Waals surface area contributed by atoms with Crippen LogP contribution < -0.4 is 5.63 Å². The van der Waals surface area contributed by atoms with Gasteiger partial charge >= 0.3 is 5.63 Å². The molecule has 4 aliphatic rings. The largest absolute Gasteiger partial charge is 0.431 e. The van der Waals surface area contributed by atoms with Crippen LogP contribution in [0, 0.1) is 29.1 Å². The third kappa shape index (κ3) is 2.25. The van der Waals surface area contributed by atoms with E-state index >= 15 is 0 Å². The van der Waals surface area contributed by atoms with Crippen LogP contribution in [0.3, 0.4) is 0 Å². The summed E-state index contributed by atoms with van der Waals surface area (Å²) in [6.07, 6.45) is 14.1. The van der Waals surface area contributed by atoms with Gasteiger partial charge in [-0.25, -0.2) is 4.79 Å². The van der Waals surface area contributed by atoms with Crippen molar-refractivity contribution in [1.82, 2.24) is 0 Å². The molecule has 0 aliphatic heterocycles. The second-order valence-corrected chi connectivity index (χ2v) is 9.92. The minimum absolute atomic E-state index is 0.0877. The number of hydrogen-bond acceptors (Lipinski definition) is 3. The molecule has 0 saturated heterocycles. The highest BCUT2D eigenvalue weighted by Crippen LogP contribution is 2.68. The second-order valence-electron chi connectivity index (χ2n) is 9.92. The van der Waals surface area contributed by atoms with Gasteiger partial charge < -0.3 is 9.52 Å². The van der Waals surface area contributed by atoms with E-state index in [1.165, 1.54) is 51.0 Å². The lowest BCUT2D eigenvalue weighted by atomic mass is 9.47. The maximum absolute atomic E-state index is 12.0. The van der Waals surface area contributed by atoms with Crippen molar-refractivity contribution in [1.29, 1.82) is 0 Å². The van der Waals surface area contributed by atoms with E-state index in [4.69, 9.17) is 4.42 Å². The first-order chi connectivity index (χ1) is 12.5. The molecular formula is C23H32O3. The van der Waals surface area contributed by atoms with Crippen molar-refractivity contribution in [3.05, 3.63) is 34.4 Å². The molecule has 4 saturated carbocycles. The van der Waals surface area contributed by atoms with E-state index in [9.17, 15) is 9.90 Å². The Bertz CT molecular complexity index is 719. The van der Waals surface area contributed by atoms with Crippen LogP contribution in [0.1, 0.15) is 82.6 Å². The van der Waals surface area contributed by atoms with Gasteiger partial charge in [-0.15, -0.1) is 0 Å². The zero-order valence-electron chi connectivity index (χ0n) is 16.0. The summed E-state index contributed by atoms with van der Waals surface area (Å²) in [5.41, 5.74) is 0.189. The molecule has 0 bridgehead atoms. The Balaban J connectivity index is 1.47. The predicted octanol–water partition coefficient (Wildman–Crippen LogP) is 4.88. The highest BCUT2D eigenvalue weighted by Gasteiger charge is 2.65. The summed E-state index contributed by atoms with van der Waals surface area (Å²) in [7, 11) is 0. The Labute approximate surface area is 156 Å². The molecule has 1 heterocycles. The van der Waals surface area contributed by atoms with Crippen molar-refractivity contribution in [2.45, 2.75) is 82.7 Å². The topological polar surface area (TPSA) is 50.4 Å². The van der Waals surface area contributed by atoms with E-state index in [0.29, 0.717) is 11.8 Å². The molecule has 0 spiro atoms. The van der Waals surface area contributed by atoms with Crippen molar-refractivity contribution in [2.24, 2.45) is 29.1 Å². The van der Waals surface area contributed by atoms with Gasteiger partial charge in [0.15, 0.2) is 0 Å². The molecule has 142 valence electrons. The Kier molecular flexibility index (Phi) is 3.90. The lowest BCUT2D eigenvalue weighted by molar-refractivity contribution is -0.180. The van der Waals surface area contributed by atoms with Crippen LogP contribution >= 0.6 is 0 Å². The molecule has 4 fully saturated rings. The average molecular weight is 357 g/mol. The fraction of sp³-hybridized carbons (Fsp3) is 0.783. The van der Waals surface area contributed by atoms with Crippen LogP contribution in [-0.2, 0) is 0 Å². The summed E-state index contributed by atoms with van der Waals surface area (Å²) < 4.78 is 5.17. The second kappa shape index (κ2) is 5.95. The van der Waals surface area contributed by atoms with Crippen molar-refractivity contribution in [2.75, 3.05) is 0 Å². The minimum atomic E-state index is -0.543. The molecule has 4 aliphatic carbocycles. The van der Waals surface area contributed by atoms with Gasteiger partial charge in [0, 0.05) is 11.5 Å². The SMILES string of the molecule is CC12CCC3C4CCCCC4CCC3C1(O)CCC2c1ccc(=O)oc1. The first-order valence-corrected chi connectivity index (χ1v) is 10.8.